The number of H-pyrrole nitrogens is 1. The first-order valence-electron chi connectivity index (χ1n) is 15.9. The van der Waals surface area contributed by atoms with Crippen molar-refractivity contribution < 1.29 is 14.3 Å². The number of benzene rings is 3. The molecule has 0 bridgehead atoms. The molecule has 2 aliphatic rings. The highest BCUT2D eigenvalue weighted by molar-refractivity contribution is 6.32. The minimum Gasteiger partial charge on any atom is -0.476 e. The fraction of sp³-hybridized carbons (Fsp3) is 0.189. The van der Waals surface area contributed by atoms with Crippen LogP contribution >= 0.6 is 23.2 Å². The number of aromatic amines is 1. The molecule has 0 radical (unpaired) electrons. The van der Waals surface area contributed by atoms with Crippen molar-refractivity contribution in [2.45, 2.75) is 25.3 Å². The number of carbonyl (C=O) groups excluding carboxylic acids is 2. The van der Waals surface area contributed by atoms with Crippen LogP contribution in [0.4, 0.5) is 5.69 Å². The smallest absolute Gasteiger partial charge is 0.272 e. The summed E-state index contributed by atoms with van der Waals surface area (Å²) in [6.45, 7) is 1.77. The minimum absolute atomic E-state index is 0.184. The highest BCUT2D eigenvalue weighted by Crippen LogP contribution is 2.49. The van der Waals surface area contributed by atoms with Gasteiger partial charge in [0.25, 0.3) is 5.91 Å². The molecule has 8 rings (SSSR count). The number of amides is 2. The molecule has 2 N–H and O–H groups in total. The lowest BCUT2D eigenvalue weighted by Gasteiger charge is -2.28. The lowest BCUT2D eigenvalue weighted by Crippen LogP contribution is -2.26. The van der Waals surface area contributed by atoms with Crippen LogP contribution in [-0.2, 0) is 4.79 Å². The van der Waals surface area contributed by atoms with Gasteiger partial charge >= 0.3 is 0 Å². The van der Waals surface area contributed by atoms with E-state index in [9.17, 15) is 9.59 Å². The largest absolute Gasteiger partial charge is 0.476 e. The van der Waals surface area contributed by atoms with E-state index in [1.54, 1.807) is 18.3 Å². The van der Waals surface area contributed by atoms with E-state index in [1.165, 1.54) is 0 Å². The highest BCUT2D eigenvalue weighted by Gasteiger charge is 2.36. The number of fused-ring (bicyclic) bond motifs is 2. The van der Waals surface area contributed by atoms with Crippen LogP contribution in [0, 0.1) is 0 Å². The van der Waals surface area contributed by atoms with Gasteiger partial charge in [0.2, 0.25) is 11.8 Å². The van der Waals surface area contributed by atoms with Crippen molar-refractivity contribution in [3.05, 3.63) is 118 Å². The van der Waals surface area contributed by atoms with Crippen LogP contribution in [0.3, 0.4) is 0 Å². The summed E-state index contributed by atoms with van der Waals surface area (Å²) in [7, 11) is 0. The summed E-state index contributed by atoms with van der Waals surface area (Å²) in [5, 5.41) is 5.12. The Labute approximate surface area is 286 Å². The van der Waals surface area contributed by atoms with Crippen LogP contribution in [-0.4, -0.2) is 55.9 Å². The molecule has 1 atom stereocenters. The molecule has 1 unspecified atom stereocenters. The van der Waals surface area contributed by atoms with Gasteiger partial charge in [-0.1, -0.05) is 65.7 Å². The lowest BCUT2D eigenvalue weighted by atomic mass is 9.88. The van der Waals surface area contributed by atoms with Crippen LogP contribution < -0.4 is 10.1 Å². The van der Waals surface area contributed by atoms with E-state index < -0.39 is 0 Å². The summed E-state index contributed by atoms with van der Waals surface area (Å²) in [6.07, 6.45) is 5.61. The van der Waals surface area contributed by atoms with E-state index in [0.717, 1.165) is 57.5 Å². The zero-order valence-electron chi connectivity index (χ0n) is 25.7. The normalized spacial score (nSPS) is 15.2. The second-order valence-corrected chi connectivity index (χ2v) is 12.8. The van der Waals surface area contributed by atoms with Gasteiger partial charge in [-0.15, -0.1) is 0 Å². The number of halogens is 2. The van der Waals surface area contributed by atoms with Gasteiger partial charge in [-0.3, -0.25) is 9.59 Å². The van der Waals surface area contributed by atoms with Crippen molar-refractivity contribution in [3.63, 3.8) is 0 Å². The number of carbonyl (C=O) groups is 2. The first kappa shape index (κ1) is 30.2. The minimum atomic E-state index is -0.361. The fourth-order valence-corrected chi connectivity index (χ4v) is 7.20. The molecular formula is C37H30Cl2N6O3. The Bertz CT molecular complexity index is 2180. The number of nitrogens with zero attached hydrogens (tertiary/aromatic N) is 4. The SMILES string of the molecule is O=C(Nc1cccnc1OCCCN1CCCC1=O)c1[nH]c2cc(Cl)cc3c2c1-c1c(-c2ccccc2)ncn1C3c1ccc(Cl)cc1. The molecule has 0 saturated carbocycles. The van der Waals surface area contributed by atoms with Crippen LogP contribution in [0.15, 0.2) is 91.4 Å². The number of aromatic nitrogens is 4. The number of imidazole rings is 1. The fourth-order valence-electron chi connectivity index (χ4n) is 6.85. The number of hydrogen-bond donors (Lipinski definition) is 2. The van der Waals surface area contributed by atoms with Crippen molar-refractivity contribution in [1.82, 2.24) is 24.4 Å². The van der Waals surface area contributed by atoms with Gasteiger partial charge in [-0.05, 0) is 60.4 Å². The molecule has 240 valence electrons. The van der Waals surface area contributed by atoms with Crippen LogP contribution in [0.2, 0.25) is 10.0 Å². The maximum Gasteiger partial charge on any atom is 0.272 e. The number of hydrogen-bond acceptors (Lipinski definition) is 5. The lowest BCUT2D eigenvalue weighted by molar-refractivity contribution is -0.127. The summed E-state index contributed by atoms with van der Waals surface area (Å²) in [4.78, 5) is 40.8. The van der Waals surface area contributed by atoms with E-state index in [4.69, 9.17) is 32.9 Å². The number of pyridine rings is 1. The van der Waals surface area contributed by atoms with Gasteiger partial charge in [0.15, 0.2) is 0 Å². The third-order valence-corrected chi connectivity index (χ3v) is 9.43. The highest BCUT2D eigenvalue weighted by atomic mass is 35.5. The summed E-state index contributed by atoms with van der Waals surface area (Å²) in [6, 6.07) is 24.7. The van der Waals surface area contributed by atoms with E-state index in [-0.39, 0.29) is 17.9 Å². The molecule has 6 aromatic rings. The molecular weight excluding hydrogens is 647 g/mol. The third kappa shape index (κ3) is 5.38. The van der Waals surface area contributed by atoms with Gasteiger partial charge in [0.1, 0.15) is 11.4 Å². The van der Waals surface area contributed by atoms with Crippen molar-refractivity contribution in [2.75, 3.05) is 25.0 Å². The summed E-state index contributed by atoms with van der Waals surface area (Å²) in [5.41, 5.74) is 6.72. The molecule has 3 aromatic carbocycles. The van der Waals surface area contributed by atoms with Gasteiger partial charge in [0, 0.05) is 57.8 Å². The third-order valence-electron chi connectivity index (χ3n) is 8.96. The Morgan fingerprint density at radius 3 is 2.62 bits per heavy atom. The van der Waals surface area contributed by atoms with Gasteiger partial charge in [0.05, 0.1) is 30.4 Å². The molecule has 0 spiro atoms. The second kappa shape index (κ2) is 12.5. The molecule has 1 fully saturated rings. The van der Waals surface area contributed by atoms with Gasteiger partial charge < -0.3 is 24.5 Å². The number of rotatable bonds is 9. The van der Waals surface area contributed by atoms with Gasteiger partial charge in [-0.25, -0.2) is 9.97 Å². The van der Waals surface area contributed by atoms with Crippen molar-refractivity contribution in [1.29, 1.82) is 0 Å². The number of anilines is 1. The van der Waals surface area contributed by atoms with Crippen molar-refractivity contribution in [3.8, 4) is 28.4 Å². The van der Waals surface area contributed by atoms with E-state index >= 15 is 0 Å². The standard InChI is InChI=1S/C37H30Cl2N6O3/c38-24-13-11-23(12-14-24)34-26-19-25(39)20-28-30(26)31(35-32(41-21-45(34)35)22-7-2-1-3-8-22)33(42-28)36(47)43-27-9-4-15-40-37(27)48-18-6-17-44-16-5-10-29(44)46/h1-4,7-9,11-15,19-21,34,42H,5-6,10,16-18H2,(H,43,47). The Balaban J connectivity index is 1.19. The zero-order valence-corrected chi connectivity index (χ0v) is 27.3. The summed E-state index contributed by atoms with van der Waals surface area (Å²) in [5.74, 6) is 0.133. The number of nitrogens with one attached hydrogen (secondary N) is 2. The van der Waals surface area contributed by atoms with E-state index in [1.807, 2.05) is 78.0 Å². The Morgan fingerprint density at radius 2 is 1.83 bits per heavy atom. The molecule has 0 aliphatic carbocycles. The molecule has 1 saturated heterocycles. The Morgan fingerprint density at radius 1 is 1.00 bits per heavy atom. The second-order valence-electron chi connectivity index (χ2n) is 12.0. The average Bonchev–Trinajstić information content (AvgIpc) is 3.82. The maximum absolute atomic E-state index is 14.3. The van der Waals surface area contributed by atoms with E-state index in [2.05, 4.69) is 19.9 Å². The quantitative estimate of drug-likeness (QED) is 0.151. The van der Waals surface area contributed by atoms with Crippen LogP contribution in [0.5, 0.6) is 5.88 Å². The summed E-state index contributed by atoms with van der Waals surface area (Å²) >= 11 is 13.0. The first-order valence-corrected chi connectivity index (χ1v) is 16.6. The predicted octanol–water partition coefficient (Wildman–Crippen LogP) is 7.99. The summed E-state index contributed by atoms with van der Waals surface area (Å²) < 4.78 is 8.11. The Kier molecular flexibility index (Phi) is 7.86. The maximum atomic E-state index is 14.3. The van der Waals surface area contributed by atoms with E-state index in [0.29, 0.717) is 53.3 Å². The molecule has 11 heteroatoms. The topological polar surface area (TPSA) is 105 Å². The van der Waals surface area contributed by atoms with Crippen molar-refractivity contribution >= 4 is 51.6 Å². The van der Waals surface area contributed by atoms with Crippen LogP contribution in [0.1, 0.15) is 46.9 Å². The monoisotopic (exact) mass is 676 g/mol. The zero-order chi connectivity index (χ0) is 32.8. The molecule has 2 amide bonds. The molecule has 5 heterocycles. The molecule has 9 nitrogen and oxygen atoms in total. The molecule has 2 aliphatic heterocycles. The number of ether oxygens (including phenoxy) is 1. The molecule has 3 aromatic heterocycles. The average molecular weight is 678 g/mol. The Hall–Kier alpha value is -5.12. The van der Waals surface area contributed by atoms with Crippen molar-refractivity contribution in [2.24, 2.45) is 0 Å². The van der Waals surface area contributed by atoms with Crippen LogP contribution in [0.25, 0.3) is 33.4 Å². The number of likely N-dealkylation sites (tertiary alicyclic amines) is 1. The van der Waals surface area contributed by atoms with Gasteiger partial charge in [-0.2, -0.15) is 0 Å². The first-order chi connectivity index (χ1) is 23.5. The predicted molar refractivity (Wildman–Crippen MR) is 187 cm³/mol. The molecule has 48 heavy (non-hydrogen) atoms.